The summed E-state index contributed by atoms with van der Waals surface area (Å²) >= 11 is 0. The van der Waals surface area contributed by atoms with Crippen molar-refractivity contribution in [2.75, 3.05) is 0 Å². The number of hydrogen-bond acceptors (Lipinski definition) is 7. The molecule has 0 aliphatic heterocycles. The van der Waals surface area contributed by atoms with Gasteiger partial charge >= 0.3 is 21.5 Å². The summed E-state index contributed by atoms with van der Waals surface area (Å²) in [6.45, 7) is 19.0. The maximum atomic E-state index is 12.2. The van der Waals surface area contributed by atoms with Crippen LogP contribution in [0.3, 0.4) is 0 Å². The number of ether oxygens (including phenoxy) is 2. The van der Waals surface area contributed by atoms with Gasteiger partial charge in [-0.1, -0.05) is 20.3 Å². The Morgan fingerprint density at radius 3 is 2.00 bits per heavy atom. The molecule has 7 nitrogen and oxygen atoms in total. The lowest BCUT2D eigenvalue weighted by Gasteiger charge is -2.33. The van der Waals surface area contributed by atoms with E-state index >= 15 is 0 Å². The van der Waals surface area contributed by atoms with E-state index in [1.807, 2.05) is 6.92 Å². The van der Waals surface area contributed by atoms with Crippen molar-refractivity contribution >= 4 is 47.9 Å². The number of carbonyl (C=O) groups is 2. The van der Waals surface area contributed by atoms with Crippen molar-refractivity contribution in [3.8, 4) is 0 Å². The third kappa shape index (κ3) is 15.9. The highest BCUT2D eigenvalue weighted by atomic mass is 28.5. The van der Waals surface area contributed by atoms with Crippen LogP contribution in [0.5, 0.6) is 0 Å². The number of hydrogen-bond donors (Lipinski definition) is 0. The van der Waals surface area contributed by atoms with Crippen LogP contribution in [0.15, 0.2) is 12.2 Å². The zero-order chi connectivity index (χ0) is 25.3. The van der Waals surface area contributed by atoms with Crippen LogP contribution in [0.2, 0.25) is 44.3 Å². The van der Waals surface area contributed by atoms with E-state index in [0.717, 1.165) is 31.8 Å². The van der Waals surface area contributed by atoms with Crippen LogP contribution in [0, 0.1) is 0 Å². The molecule has 11 heteroatoms. The molecular weight excluding hydrogens is 489 g/mol. The van der Waals surface area contributed by atoms with Crippen molar-refractivity contribution in [3.05, 3.63) is 12.2 Å². The molecule has 33 heavy (non-hydrogen) atoms. The van der Waals surface area contributed by atoms with E-state index in [1.165, 1.54) is 12.5 Å². The molecule has 1 saturated carbocycles. The van der Waals surface area contributed by atoms with Crippen LogP contribution in [-0.2, 0) is 31.4 Å². The monoisotopic (exact) mass is 534 g/mol. The molecule has 0 spiro atoms. The predicted octanol–water partition coefficient (Wildman–Crippen LogP) is 4.46. The minimum atomic E-state index is -2.18. The minimum Gasteiger partial charge on any atom is -0.460 e. The van der Waals surface area contributed by atoms with Crippen LogP contribution < -0.4 is 0 Å². The maximum absolute atomic E-state index is 12.2. The molecule has 0 N–H and O–H groups in total. The average Bonchev–Trinajstić information content (AvgIpc) is 2.62. The highest BCUT2D eigenvalue weighted by molar-refractivity contribution is 6.80. The molecule has 1 fully saturated rings. The summed E-state index contributed by atoms with van der Waals surface area (Å²) in [4.78, 5) is 24.1. The molecule has 0 aromatic rings. The zero-order valence-corrected chi connectivity index (χ0v) is 26.8. The first-order valence-electron chi connectivity index (χ1n) is 12.1. The molecule has 1 unspecified atom stereocenters. The topological polar surface area (TPSA) is 80.3 Å². The lowest BCUT2D eigenvalue weighted by atomic mass is 9.98. The number of esters is 2. The van der Waals surface area contributed by atoms with Gasteiger partial charge in [0.15, 0.2) is 26.4 Å². The largest absolute Gasteiger partial charge is 0.460 e. The molecule has 1 aliphatic rings. The molecule has 0 saturated heterocycles. The lowest BCUT2D eigenvalue weighted by Crippen LogP contribution is -2.46. The highest BCUT2D eigenvalue weighted by Crippen LogP contribution is 2.31. The van der Waals surface area contributed by atoms with Crippen LogP contribution in [0.4, 0.5) is 0 Å². The van der Waals surface area contributed by atoms with Crippen molar-refractivity contribution in [3.63, 3.8) is 0 Å². The fourth-order valence-electron chi connectivity index (χ4n) is 3.60. The summed E-state index contributed by atoms with van der Waals surface area (Å²) < 4.78 is 29.7. The zero-order valence-electron chi connectivity index (χ0n) is 22.2. The van der Waals surface area contributed by atoms with Crippen LogP contribution in [-0.4, -0.2) is 60.1 Å². The fourth-order valence-corrected chi connectivity index (χ4v) is 13.5. The summed E-state index contributed by atoms with van der Waals surface area (Å²) in [5, 5.41) is -0.0971. The summed E-state index contributed by atoms with van der Waals surface area (Å²) in [6, 6.07) is 0. The number of rotatable bonds is 13. The minimum absolute atomic E-state index is 0.0289. The third-order valence-electron chi connectivity index (χ3n) is 4.86. The first-order valence-corrected chi connectivity index (χ1v) is 21.6. The van der Waals surface area contributed by atoms with Gasteiger partial charge in [-0.15, -0.1) is 0 Å². The normalized spacial score (nSPS) is 17.8. The Morgan fingerprint density at radius 1 is 0.970 bits per heavy atom. The quantitative estimate of drug-likeness (QED) is 0.196. The van der Waals surface area contributed by atoms with Gasteiger partial charge in [0.1, 0.15) is 6.10 Å². The molecule has 0 aromatic heterocycles. The second kappa shape index (κ2) is 13.5. The Balaban J connectivity index is 2.48. The van der Waals surface area contributed by atoms with Crippen molar-refractivity contribution in [2.45, 2.75) is 116 Å². The summed E-state index contributed by atoms with van der Waals surface area (Å²) in [6.07, 6.45) is 7.85. The molecule has 0 heterocycles. The van der Waals surface area contributed by atoms with Crippen molar-refractivity contribution < 1.29 is 31.4 Å². The summed E-state index contributed by atoms with van der Waals surface area (Å²) in [5.41, 5.74) is 0. The van der Waals surface area contributed by atoms with Gasteiger partial charge in [0.25, 0.3) is 0 Å². The standard InChI is InChI=1S/C22H46O7Si4/c1-18(25-20(23)15-16-21(24)26-19-13-11-10-12-14-19)17-22(2,3)30-27-31(28-32(4,5)6)29-33(7,8)9/h15-16,18-19,31H,10-14,17,30H2,1-9H3/b16-15+. The van der Waals surface area contributed by atoms with Crippen molar-refractivity contribution in [1.29, 1.82) is 0 Å². The van der Waals surface area contributed by atoms with Gasteiger partial charge in [0.2, 0.25) is 0 Å². The fraction of sp³-hybridized carbons (Fsp3) is 0.818. The molecule has 192 valence electrons. The summed E-state index contributed by atoms with van der Waals surface area (Å²) in [5.74, 6) is -1.01. The summed E-state index contributed by atoms with van der Waals surface area (Å²) in [7, 11) is -6.70. The van der Waals surface area contributed by atoms with E-state index < -0.39 is 47.9 Å². The maximum Gasteiger partial charge on any atom is 0.452 e. The van der Waals surface area contributed by atoms with Gasteiger partial charge in [-0.05, 0) is 83.3 Å². The second-order valence-corrected chi connectivity index (χ2v) is 26.2. The van der Waals surface area contributed by atoms with Crippen molar-refractivity contribution in [2.24, 2.45) is 0 Å². The highest BCUT2D eigenvalue weighted by Gasteiger charge is 2.33. The second-order valence-electron chi connectivity index (χ2n) is 11.7. The Kier molecular flexibility index (Phi) is 12.5. The molecule has 1 atom stereocenters. The first-order chi connectivity index (χ1) is 15.0. The Morgan fingerprint density at radius 2 is 1.48 bits per heavy atom. The van der Waals surface area contributed by atoms with Gasteiger partial charge in [-0.3, -0.25) is 0 Å². The first kappa shape index (κ1) is 30.5. The van der Waals surface area contributed by atoms with E-state index in [2.05, 4.69) is 53.1 Å². The Hall–Kier alpha value is -0.572. The Labute approximate surface area is 207 Å². The molecule has 0 bridgehead atoms. The van der Waals surface area contributed by atoms with E-state index in [4.69, 9.17) is 21.8 Å². The predicted molar refractivity (Wildman–Crippen MR) is 142 cm³/mol. The molecule has 1 rings (SSSR count). The molecule has 0 amide bonds. The molecular formula is C22H46O7Si4. The van der Waals surface area contributed by atoms with E-state index in [0.29, 0.717) is 6.42 Å². The van der Waals surface area contributed by atoms with E-state index in [-0.39, 0.29) is 17.2 Å². The Bertz CT molecular complexity index is 634. The van der Waals surface area contributed by atoms with Gasteiger partial charge in [-0.25, -0.2) is 9.59 Å². The van der Waals surface area contributed by atoms with Crippen LogP contribution in [0.25, 0.3) is 0 Å². The van der Waals surface area contributed by atoms with Crippen LogP contribution in [0.1, 0.15) is 59.3 Å². The van der Waals surface area contributed by atoms with Crippen LogP contribution >= 0.6 is 0 Å². The molecule has 1 aliphatic carbocycles. The van der Waals surface area contributed by atoms with Gasteiger partial charge in [0.05, 0.1) is 6.10 Å². The lowest BCUT2D eigenvalue weighted by molar-refractivity contribution is -0.146. The molecule has 0 radical (unpaired) electrons. The van der Waals surface area contributed by atoms with E-state index in [9.17, 15) is 9.59 Å². The average molecular weight is 535 g/mol. The number of carbonyl (C=O) groups excluding carboxylic acids is 2. The third-order valence-corrected chi connectivity index (χ3v) is 14.9. The SMILES string of the molecule is CC(CC(C)(C)[SiH2]O[SiH](O[Si](C)(C)C)O[Si](C)(C)C)OC(=O)/C=C/C(=O)OC1CCCCC1. The van der Waals surface area contributed by atoms with Gasteiger partial charge in [-0.2, -0.15) is 0 Å². The van der Waals surface area contributed by atoms with Gasteiger partial charge in [0, 0.05) is 12.2 Å². The van der Waals surface area contributed by atoms with Gasteiger partial charge < -0.3 is 21.8 Å². The smallest absolute Gasteiger partial charge is 0.452 e. The van der Waals surface area contributed by atoms with E-state index in [1.54, 1.807) is 0 Å². The molecule has 0 aromatic carbocycles. The van der Waals surface area contributed by atoms with Crippen molar-refractivity contribution in [1.82, 2.24) is 0 Å².